The summed E-state index contributed by atoms with van der Waals surface area (Å²) in [7, 11) is 0. The average molecular weight is 360 g/mol. The number of halogens is 1. The summed E-state index contributed by atoms with van der Waals surface area (Å²) in [6, 6.07) is 10.3. The van der Waals surface area contributed by atoms with Crippen molar-refractivity contribution in [3.05, 3.63) is 35.9 Å². The summed E-state index contributed by atoms with van der Waals surface area (Å²) >= 11 is 2.40. The molecule has 2 rings (SSSR count). The Morgan fingerprint density at radius 3 is 2.78 bits per heavy atom. The first-order valence-electron chi connectivity index (χ1n) is 6.62. The van der Waals surface area contributed by atoms with Crippen LogP contribution in [-0.2, 0) is 16.1 Å². The first-order valence-corrected chi connectivity index (χ1v) is 8.15. The van der Waals surface area contributed by atoms with Gasteiger partial charge in [-0.3, -0.25) is 0 Å². The van der Waals surface area contributed by atoms with E-state index in [1.165, 1.54) is 18.4 Å². The van der Waals surface area contributed by atoms with E-state index in [-0.39, 0.29) is 0 Å². The normalized spacial score (nSPS) is 25.2. The van der Waals surface area contributed by atoms with Gasteiger partial charge in [-0.1, -0.05) is 59.8 Å². The number of hydrogen-bond donors (Lipinski definition) is 0. The Bertz CT molecular complexity index is 342. The third kappa shape index (κ3) is 4.21. The number of rotatable bonds is 6. The maximum absolute atomic E-state index is 5.99. The highest BCUT2D eigenvalue weighted by molar-refractivity contribution is 14.1. The second-order valence-electron chi connectivity index (χ2n) is 5.01. The summed E-state index contributed by atoms with van der Waals surface area (Å²) in [4.78, 5) is 0. The lowest BCUT2D eigenvalue weighted by atomic mass is 10.0. The number of benzene rings is 1. The first-order chi connectivity index (χ1) is 8.79. The minimum atomic E-state index is 0.389. The van der Waals surface area contributed by atoms with Crippen molar-refractivity contribution in [2.24, 2.45) is 5.92 Å². The lowest BCUT2D eigenvalue weighted by Gasteiger charge is -2.19. The van der Waals surface area contributed by atoms with E-state index in [1.54, 1.807) is 0 Å². The molecule has 18 heavy (non-hydrogen) atoms. The predicted molar refractivity (Wildman–Crippen MR) is 82.0 cm³/mol. The third-order valence-electron chi connectivity index (χ3n) is 3.44. The first kappa shape index (κ1) is 14.3. The van der Waals surface area contributed by atoms with Crippen molar-refractivity contribution in [2.45, 2.75) is 38.6 Å². The van der Waals surface area contributed by atoms with Crippen LogP contribution in [0.1, 0.15) is 25.3 Å². The molecule has 1 aromatic carbocycles. The van der Waals surface area contributed by atoms with Crippen molar-refractivity contribution in [1.29, 1.82) is 0 Å². The number of ether oxygens (including phenoxy) is 2. The summed E-state index contributed by atoms with van der Waals surface area (Å²) in [5.41, 5.74) is 1.24. The van der Waals surface area contributed by atoms with E-state index in [0.717, 1.165) is 11.0 Å². The summed E-state index contributed by atoms with van der Waals surface area (Å²) < 4.78 is 12.9. The van der Waals surface area contributed by atoms with Gasteiger partial charge in [0.05, 0.1) is 25.4 Å². The van der Waals surface area contributed by atoms with Gasteiger partial charge in [-0.05, 0) is 18.4 Å². The minimum absolute atomic E-state index is 0.389. The van der Waals surface area contributed by atoms with Crippen molar-refractivity contribution < 1.29 is 9.47 Å². The number of alkyl halides is 1. The topological polar surface area (TPSA) is 18.5 Å². The van der Waals surface area contributed by atoms with E-state index in [9.17, 15) is 0 Å². The Morgan fingerprint density at radius 1 is 1.33 bits per heavy atom. The van der Waals surface area contributed by atoms with Gasteiger partial charge in [-0.25, -0.2) is 0 Å². The van der Waals surface area contributed by atoms with Crippen LogP contribution in [0.4, 0.5) is 0 Å². The van der Waals surface area contributed by atoms with Gasteiger partial charge in [-0.2, -0.15) is 0 Å². The molecule has 1 aliphatic heterocycles. The highest BCUT2D eigenvalue weighted by Crippen LogP contribution is 2.26. The van der Waals surface area contributed by atoms with Crippen molar-refractivity contribution in [3.8, 4) is 0 Å². The van der Waals surface area contributed by atoms with E-state index in [4.69, 9.17) is 9.47 Å². The molecule has 2 nitrogen and oxygen atoms in total. The SMILES string of the molecule is C[C@@H](COCc1ccccc1)[C@H]1CC[C@@H](CI)O1. The summed E-state index contributed by atoms with van der Waals surface area (Å²) in [5, 5.41) is 0. The van der Waals surface area contributed by atoms with Gasteiger partial charge >= 0.3 is 0 Å². The lowest BCUT2D eigenvalue weighted by molar-refractivity contribution is -0.0105. The molecule has 0 N–H and O–H groups in total. The largest absolute Gasteiger partial charge is 0.376 e. The van der Waals surface area contributed by atoms with Crippen LogP contribution in [-0.4, -0.2) is 23.2 Å². The molecule has 1 saturated heterocycles. The van der Waals surface area contributed by atoms with E-state index in [2.05, 4.69) is 41.6 Å². The van der Waals surface area contributed by atoms with Gasteiger partial charge in [0.15, 0.2) is 0 Å². The van der Waals surface area contributed by atoms with E-state index < -0.39 is 0 Å². The quantitative estimate of drug-likeness (QED) is 0.567. The molecular formula is C15H21IO2. The molecule has 3 atom stereocenters. The van der Waals surface area contributed by atoms with Gasteiger partial charge in [0.25, 0.3) is 0 Å². The Kier molecular flexibility index (Phi) is 5.92. The molecule has 1 heterocycles. The molecule has 100 valence electrons. The van der Waals surface area contributed by atoms with Crippen molar-refractivity contribution >= 4 is 22.6 Å². The number of hydrogen-bond acceptors (Lipinski definition) is 2. The van der Waals surface area contributed by atoms with Crippen LogP contribution >= 0.6 is 22.6 Å². The van der Waals surface area contributed by atoms with Crippen LogP contribution in [0.15, 0.2) is 30.3 Å². The van der Waals surface area contributed by atoms with Gasteiger partial charge in [-0.15, -0.1) is 0 Å². The molecule has 0 unspecified atom stereocenters. The van der Waals surface area contributed by atoms with Crippen LogP contribution in [0.5, 0.6) is 0 Å². The molecule has 0 aliphatic carbocycles. The molecule has 0 spiro atoms. The standard InChI is InChI=1S/C15H21IO2/c1-12(15-8-7-14(9-16)18-15)10-17-11-13-5-3-2-4-6-13/h2-6,12,14-15H,7-11H2,1H3/t12-,14-,15+/m0/s1. The predicted octanol–water partition coefficient (Wildman–Crippen LogP) is 3.82. The van der Waals surface area contributed by atoms with Gasteiger partial charge in [0, 0.05) is 10.3 Å². The smallest absolute Gasteiger partial charge is 0.0717 e. The van der Waals surface area contributed by atoms with Crippen molar-refractivity contribution in [2.75, 3.05) is 11.0 Å². The molecule has 1 aliphatic rings. The van der Waals surface area contributed by atoms with Crippen LogP contribution in [0.25, 0.3) is 0 Å². The Labute approximate surface area is 123 Å². The maximum atomic E-state index is 5.99. The van der Waals surface area contributed by atoms with E-state index in [1.807, 2.05) is 18.2 Å². The van der Waals surface area contributed by atoms with E-state index >= 15 is 0 Å². The zero-order valence-corrected chi connectivity index (χ0v) is 13.0. The fourth-order valence-corrected chi connectivity index (χ4v) is 2.96. The zero-order chi connectivity index (χ0) is 12.8. The van der Waals surface area contributed by atoms with Crippen LogP contribution in [0, 0.1) is 5.92 Å². The third-order valence-corrected chi connectivity index (χ3v) is 4.42. The van der Waals surface area contributed by atoms with Gasteiger partial charge in [0.2, 0.25) is 0 Å². The average Bonchev–Trinajstić information content (AvgIpc) is 2.89. The fraction of sp³-hybridized carbons (Fsp3) is 0.600. The summed E-state index contributed by atoms with van der Waals surface area (Å²) in [6.07, 6.45) is 3.24. The molecule has 0 bridgehead atoms. The van der Waals surface area contributed by atoms with Gasteiger partial charge < -0.3 is 9.47 Å². The van der Waals surface area contributed by atoms with Crippen LogP contribution in [0.2, 0.25) is 0 Å². The van der Waals surface area contributed by atoms with E-state index in [0.29, 0.717) is 24.7 Å². The molecule has 3 heteroatoms. The molecule has 1 fully saturated rings. The molecule has 0 amide bonds. The molecule has 1 aromatic rings. The second kappa shape index (κ2) is 7.46. The fourth-order valence-electron chi connectivity index (χ4n) is 2.31. The lowest BCUT2D eigenvalue weighted by Crippen LogP contribution is -2.23. The Hall–Kier alpha value is -0.130. The molecule has 0 saturated carbocycles. The van der Waals surface area contributed by atoms with Gasteiger partial charge in [0.1, 0.15) is 0 Å². The second-order valence-corrected chi connectivity index (χ2v) is 5.89. The Balaban J connectivity index is 1.68. The van der Waals surface area contributed by atoms with Crippen molar-refractivity contribution in [3.63, 3.8) is 0 Å². The highest BCUT2D eigenvalue weighted by Gasteiger charge is 2.28. The maximum Gasteiger partial charge on any atom is 0.0717 e. The van der Waals surface area contributed by atoms with Crippen LogP contribution < -0.4 is 0 Å². The van der Waals surface area contributed by atoms with Crippen molar-refractivity contribution in [1.82, 2.24) is 0 Å². The van der Waals surface area contributed by atoms with Crippen LogP contribution in [0.3, 0.4) is 0 Å². The zero-order valence-electron chi connectivity index (χ0n) is 10.8. The monoisotopic (exact) mass is 360 g/mol. The highest BCUT2D eigenvalue weighted by atomic mass is 127. The summed E-state index contributed by atoms with van der Waals surface area (Å²) in [6.45, 7) is 3.71. The Morgan fingerprint density at radius 2 is 2.11 bits per heavy atom. The molecular weight excluding hydrogens is 339 g/mol. The minimum Gasteiger partial charge on any atom is -0.376 e. The molecule has 0 aromatic heterocycles. The molecule has 0 radical (unpaired) electrons. The summed E-state index contributed by atoms with van der Waals surface area (Å²) in [5.74, 6) is 0.488.